The number of hydrogen-bond donors (Lipinski definition) is 3. The molecule has 0 radical (unpaired) electrons. The van der Waals surface area contributed by atoms with Crippen molar-refractivity contribution in [3.05, 3.63) is 47.6 Å². The molecule has 2 saturated heterocycles. The molecule has 16 atom stereocenters. The number of rotatable bonds is 17. The maximum absolute atomic E-state index is 15.0. The molecular formula is C62H108N2O15SSi2. The molecule has 4 N–H and O–H groups in total. The summed E-state index contributed by atoms with van der Waals surface area (Å²) in [7, 11) is -5.41. The Kier molecular flexibility index (Phi) is 28.7. The number of Topliss-reactive ketones (excluding diaryl/α,β-unsaturated/α-hetero) is 2. The Morgan fingerprint density at radius 3 is 2.00 bits per heavy atom. The minimum Gasteiger partial charge on any atom is -0.459 e. The molecule has 1 saturated carbocycles. The first-order chi connectivity index (χ1) is 38.6. The average Bonchev–Trinajstić information content (AvgIpc) is 3.52. The van der Waals surface area contributed by atoms with Gasteiger partial charge in [0.1, 0.15) is 18.2 Å². The number of ether oxygens (including phenoxy) is 4. The van der Waals surface area contributed by atoms with Gasteiger partial charge in [0, 0.05) is 57.4 Å². The van der Waals surface area contributed by atoms with Crippen LogP contribution in [0.4, 0.5) is 0 Å². The number of aliphatic hydroxyl groups is 2. The van der Waals surface area contributed by atoms with E-state index in [2.05, 4.69) is 41.5 Å². The molecule has 0 spiro atoms. The average molecular weight is 1210 g/mol. The monoisotopic (exact) mass is 1210 g/mol. The van der Waals surface area contributed by atoms with Crippen molar-refractivity contribution >= 4 is 50.2 Å². The summed E-state index contributed by atoms with van der Waals surface area (Å²) in [4.78, 5) is 59.7. The zero-order chi connectivity index (χ0) is 61.3. The summed E-state index contributed by atoms with van der Waals surface area (Å²) in [6, 6.07) is 3.09. The van der Waals surface area contributed by atoms with Gasteiger partial charge in [-0.1, -0.05) is 106 Å². The van der Waals surface area contributed by atoms with Crippen LogP contribution in [0.2, 0.25) is 36.3 Å². The molecule has 2 unspecified atom stereocenters. The molecule has 2 bridgehead atoms. The fourth-order valence-corrected chi connectivity index (χ4v) is 19.5. The predicted molar refractivity (Wildman–Crippen MR) is 326 cm³/mol. The number of allylic oxidation sites excluding steroid dienone is 5. The lowest BCUT2D eigenvalue weighted by atomic mass is 9.80. The summed E-state index contributed by atoms with van der Waals surface area (Å²) >= 11 is 0. The van der Waals surface area contributed by atoms with Crippen molar-refractivity contribution in [1.29, 1.82) is 0 Å². The molecule has 17 nitrogen and oxygen atoms in total. The van der Waals surface area contributed by atoms with Crippen LogP contribution < -0.4 is 5.73 Å². The molecule has 3 aliphatic heterocycles. The van der Waals surface area contributed by atoms with Gasteiger partial charge < -0.3 is 48.6 Å². The van der Waals surface area contributed by atoms with Crippen molar-refractivity contribution < 1.29 is 69.8 Å². The van der Waals surface area contributed by atoms with Gasteiger partial charge in [-0.2, -0.15) is 8.42 Å². The third-order valence-corrected chi connectivity index (χ3v) is 28.9. The fraction of sp³-hybridized carbons (Fsp3) is 0.806. The largest absolute Gasteiger partial charge is 0.459 e. The minimum absolute atomic E-state index is 0.00438. The maximum Gasteiger partial charge on any atom is 0.329 e. The molecule has 20 heteroatoms. The van der Waals surface area contributed by atoms with Crippen LogP contribution in [0.15, 0.2) is 47.6 Å². The van der Waals surface area contributed by atoms with Gasteiger partial charge >= 0.3 is 5.97 Å². The summed E-state index contributed by atoms with van der Waals surface area (Å²) in [6.45, 7) is 23.8. The highest BCUT2D eigenvalue weighted by atomic mass is 32.2. The summed E-state index contributed by atoms with van der Waals surface area (Å²) in [5.41, 5.74) is 8.64. The Balaban J connectivity index is 1.87. The second kappa shape index (κ2) is 32.8. The molecule has 470 valence electrons. The van der Waals surface area contributed by atoms with Gasteiger partial charge in [-0.25, -0.2) is 4.79 Å². The molecule has 0 aromatic rings. The van der Waals surface area contributed by atoms with Crippen molar-refractivity contribution in [2.45, 2.75) is 263 Å². The molecule has 3 heterocycles. The Morgan fingerprint density at radius 1 is 0.768 bits per heavy atom. The number of amides is 1. The first-order valence-corrected chi connectivity index (χ1v) is 37.9. The highest BCUT2D eigenvalue weighted by molar-refractivity contribution is 7.86. The number of cyclic esters (lactones) is 1. The summed E-state index contributed by atoms with van der Waals surface area (Å²) in [5, 5.41) is 24.4. The van der Waals surface area contributed by atoms with E-state index in [1.54, 1.807) is 41.1 Å². The number of aliphatic hydroxyl groups excluding tert-OH is 1. The minimum atomic E-state index is -4.19. The highest BCUT2D eigenvalue weighted by Crippen LogP contribution is 2.39. The Bertz CT molecular complexity index is 2290. The number of nitrogens with two attached hydrogens (primary N) is 1. The van der Waals surface area contributed by atoms with E-state index in [1.165, 1.54) is 4.90 Å². The number of nitrogens with zero attached hydrogens (tertiary/aromatic N) is 1. The van der Waals surface area contributed by atoms with Crippen molar-refractivity contribution in [3.8, 4) is 0 Å². The van der Waals surface area contributed by atoms with Crippen LogP contribution in [-0.4, -0.2) is 157 Å². The van der Waals surface area contributed by atoms with Gasteiger partial charge in [0.05, 0.1) is 42.9 Å². The highest BCUT2D eigenvalue weighted by Gasteiger charge is 2.53. The van der Waals surface area contributed by atoms with Crippen LogP contribution in [0.5, 0.6) is 0 Å². The molecule has 0 aromatic heterocycles. The number of esters is 1. The number of carbonyl (C=O) groups excluding carboxylic acids is 4. The molecule has 82 heavy (non-hydrogen) atoms. The summed E-state index contributed by atoms with van der Waals surface area (Å²) < 4.78 is 71.4. The molecular weight excluding hydrogens is 1100 g/mol. The third-order valence-electron chi connectivity index (χ3n) is 19.0. The number of ketones is 2. The fourth-order valence-electron chi connectivity index (χ4n) is 13.0. The van der Waals surface area contributed by atoms with Crippen LogP contribution >= 0.6 is 0 Å². The zero-order valence-electron chi connectivity index (χ0n) is 52.7. The van der Waals surface area contributed by atoms with Gasteiger partial charge in [-0.3, -0.25) is 18.6 Å². The predicted octanol–water partition coefficient (Wildman–Crippen LogP) is 10.1. The number of fused-ring (bicyclic) bond motifs is 3. The molecule has 1 aliphatic carbocycles. The number of carbonyl (C=O) groups is 4. The van der Waals surface area contributed by atoms with Gasteiger partial charge in [-0.15, -0.1) is 0 Å². The molecule has 4 rings (SSSR count). The smallest absolute Gasteiger partial charge is 0.329 e. The molecule has 1 amide bonds. The van der Waals surface area contributed by atoms with Crippen LogP contribution in [-0.2, 0) is 61.3 Å². The Hall–Kier alpha value is -2.74. The SMILES string of the molecule is CC[Si](CC)(CC)OC1CC[C@@H](C[C@@H](N)[C@@H]2C[C@@H](OS(C)(=O)=O)[C@H](C)/C=C(\C)C(O[Si](CC)(CC)CC)[C@@H](O)C(=O)[C@H](C)C[C@H](C)/C=C/C=C/C=C(\C)[C@@H](OC)C[C@@H]3CC[C@@H](C)[C@@](O)(O3)C(=O)C(=O)N3CCCC[C@H]3C(=O)O2)C[C@H]1OC. The summed E-state index contributed by atoms with van der Waals surface area (Å²) in [5.74, 6) is -8.02. The van der Waals surface area contributed by atoms with E-state index >= 15 is 0 Å². The van der Waals surface area contributed by atoms with Gasteiger partial charge in [-0.05, 0) is 137 Å². The first-order valence-electron chi connectivity index (χ1n) is 31.1. The third kappa shape index (κ3) is 19.4. The zero-order valence-corrected chi connectivity index (χ0v) is 55.5. The van der Waals surface area contributed by atoms with Gasteiger partial charge in [0.25, 0.3) is 21.8 Å². The topological polar surface area (TPSA) is 237 Å². The normalized spacial score (nSPS) is 36.0. The number of methoxy groups -OCH3 is 2. The van der Waals surface area contributed by atoms with Crippen molar-refractivity contribution in [2.75, 3.05) is 27.0 Å². The van der Waals surface area contributed by atoms with Crippen LogP contribution in [0.3, 0.4) is 0 Å². The van der Waals surface area contributed by atoms with Crippen LogP contribution in [0, 0.1) is 29.6 Å². The lowest BCUT2D eigenvalue weighted by Gasteiger charge is -2.43. The van der Waals surface area contributed by atoms with Crippen LogP contribution in [0.1, 0.15) is 160 Å². The van der Waals surface area contributed by atoms with Gasteiger partial charge in [0.2, 0.25) is 5.79 Å². The Morgan fingerprint density at radius 2 is 1.40 bits per heavy atom. The van der Waals surface area contributed by atoms with Crippen molar-refractivity contribution in [3.63, 3.8) is 0 Å². The van der Waals surface area contributed by atoms with E-state index in [0.29, 0.717) is 50.5 Å². The molecule has 4 aliphatic rings. The first kappa shape index (κ1) is 71.7. The van der Waals surface area contributed by atoms with E-state index in [0.717, 1.165) is 60.9 Å². The molecule has 3 fully saturated rings. The maximum atomic E-state index is 15.0. The number of piperidine rings is 1. The number of hydrogen-bond acceptors (Lipinski definition) is 16. The van der Waals surface area contributed by atoms with E-state index < -0.39 is 117 Å². The van der Waals surface area contributed by atoms with Crippen LogP contribution in [0.25, 0.3) is 0 Å². The van der Waals surface area contributed by atoms with Gasteiger partial charge in [0.15, 0.2) is 22.4 Å². The lowest BCUT2D eigenvalue weighted by Crippen LogP contribution is -2.61. The Labute approximate surface area is 495 Å². The summed E-state index contributed by atoms with van der Waals surface area (Å²) in [6.07, 6.45) is 11.0. The van der Waals surface area contributed by atoms with E-state index in [1.807, 2.05) is 51.2 Å². The lowest BCUT2D eigenvalue weighted by molar-refractivity contribution is -0.265. The second-order valence-corrected chi connectivity index (χ2v) is 35.8. The van der Waals surface area contributed by atoms with Crippen molar-refractivity contribution in [1.82, 2.24) is 4.90 Å². The van der Waals surface area contributed by atoms with E-state index in [4.69, 9.17) is 37.7 Å². The molecule has 0 aromatic carbocycles. The van der Waals surface area contributed by atoms with E-state index in [-0.39, 0.29) is 55.6 Å². The van der Waals surface area contributed by atoms with Crippen molar-refractivity contribution in [2.24, 2.45) is 35.3 Å². The van der Waals surface area contributed by atoms with E-state index in [9.17, 15) is 37.8 Å². The quantitative estimate of drug-likeness (QED) is 0.0404. The standard InChI is InChI=1S/C62H108N2O15SSi2/c1-16-81(17-2,18-3)78-51-33-31-47(38-55(51)74-14)37-49(63)54-40-53(77-80(15,71)72)43(9)36-45(11)58(79-82(19-4,20-5)21-6)57(66)56(65)44(10)35-41(7)27-23-22-24-28-42(8)52(73-13)39-48-32-30-46(12)62(70,76-48)59(67)60(68)64-34-26-25-29-50(64)61(69)75-54/h22-24,27-28,36,41,43-44,46-55,57-58,66,70H,16-21,25-26,29-35,37-40,63H2,1-15H3/b24-22+,27-23+,42-28+,45-36+/t41-,43-,44-,46-,47+,48+,49-,50+,51?,52+,53-,54+,55-,57+,58?,62-/m1/s1. The second-order valence-electron chi connectivity index (χ2n) is 24.7.